The first-order chi connectivity index (χ1) is 7.59. The van der Waals surface area contributed by atoms with Gasteiger partial charge in [-0.25, -0.2) is 4.39 Å². The maximum atomic E-state index is 13.6. The van der Waals surface area contributed by atoms with E-state index in [0.717, 1.165) is 17.1 Å². The van der Waals surface area contributed by atoms with E-state index in [1.807, 2.05) is 19.9 Å². The van der Waals surface area contributed by atoms with Crippen LogP contribution >= 0.6 is 0 Å². The Morgan fingerprint density at radius 3 is 2.44 bits per heavy atom. The average molecular weight is 219 g/mol. The minimum Gasteiger partial charge on any atom is -0.466 e. The first-order valence-corrected chi connectivity index (χ1v) is 5.16. The zero-order valence-corrected chi connectivity index (χ0v) is 9.33. The fourth-order valence-electron chi connectivity index (χ4n) is 1.85. The molecule has 0 aliphatic carbocycles. The van der Waals surface area contributed by atoms with Crippen LogP contribution in [0.25, 0.3) is 0 Å². The molecule has 2 aromatic rings. The number of hydrogen-bond donors (Lipinski definition) is 1. The van der Waals surface area contributed by atoms with Crippen molar-refractivity contribution >= 4 is 0 Å². The molecule has 0 aliphatic heterocycles. The molecule has 16 heavy (non-hydrogen) atoms. The van der Waals surface area contributed by atoms with Crippen molar-refractivity contribution in [3.8, 4) is 0 Å². The molecule has 1 aromatic carbocycles. The summed E-state index contributed by atoms with van der Waals surface area (Å²) in [5.74, 6) is 1.25. The Morgan fingerprint density at radius 2 is 1.88 bits per heavy atom. The lowest BCUT2D eigenvalue weighted by Gasteiger charge is -2.11. The number of furan rings is 1. The van der Waals surface area contributed by atoms with Gasteiger partial charge < -0.3 is 10.2 Å². The molecule has 1 heterocycles. The van der Waals surface area contributed by atoms with Crippen LogP contribution in [0.3, 0.4) is 0 Å². The molecule has 1 atom stereocenters. The van der Waals surface area contributed by atoms with Crippen molar-refractivity contribution in [3.05, 3.63) is 58.8 Å². The van der Waals surface area contributed by atoms with Gasteiger partial charge >= 0.3 is 0 Å². The van der Waals surface area contributed by atoms with Crippen LogP contribution in [0.4, 0.5) is 4.39 Å². The molecule has 0 radical (unpaired) electrons. The summed E-state index contributed by atoms with van der Waals surface area (Å²) >= 11 is 0. The van der Waals surface area contributed by atoms with Gasteiger partial charge in [0, 0.05) is 11.1 Å². The third-order valence-corrected chi connectivity index (χ3v) is 2.65. The summed E-state index contributed by atoms with van der Waals surface area (Å²) in [6, 6.07) is 7.92. The highest BCUT2D eigenvalue weighted by Crippen LogP contribution is 2.26. The van der Waals surface area contributed by atoms with Crippen LogP contribution in [0.1, 0.15) is 28.7 Å². The number of halogens is 1. The molecule has 84 valence electrons. The van der Waals surface area contributed by atoms with Crippen molar-refractivity contribution in [3.63, 3.8) is 0 Å². The van der Waals surface area contributed by atoms with E-state index in [0.29, 0.717) is 5.56 Å². The molecule has 2 nitrogen and oxygen atoms in total. The SMILES string of the molecule is Cc1cc(C(N)c2ccccc2F)c(C)o1. The minimum atomic E-state index is -0.473. The van der Waals surface area contributed by atoms with Gasteiger partial charge in [-0.3, -0.25) is 0 Å². The second kappa shape index (κ2) is 4.10. The second-order valence-electron chi connectivity index (χ2n) is 3.87. The number of nitrogens with two attached hydrogens (primary N) is 1. The van der Waals surface area contributed by atoms with Gasteiger partial charge in [0.05, 0.1) is 6.04 Å². The highest BCUT2D eigenvalue weighted by molar-refractivity contribution is 5.34. The lowest BCUT2D eigenvalue weighted by atomic mass is 9.99. The van der Waals surface area contributed by atoms with Gasteiger partial charge in [-0.05, 0) is 26.0 Å². The van der Waals surface area contributed by atoms with Gasteiger partial charge in [-0.15, -0.1) is 0 Å². The molecule has 0 aliphatic rings. The van der Waals surface area contributed by atoms with Crippen LogP contribution in [-0.4, -0.2) is 0 Å². The van der Waals surface area contributed by atoms with Crippen LogP contribution in [0, 0.1) is 19.7 Å². The molecule has 0 fully saturated rings. The Hall–Kier alpha value is -1.61. The molecule has 1 aromatic heterocycles. The number of rotatable bonds is 2. The predicted molar refractivity (Wildman–Crippen MR) is 60.6 cm³/mol. The highest BCUT2D eigenvalue weighted by Gasteiger charge is 2.17. The average Bonchev–Trinajstić information content (AvgIpc) is 2.58. The fourth-order valence-corrected chi connectivity index (χ4v) is 1.85. The van der Waals surface area contributed by atoms with E-state index < -0.39 is 6.04 Å². The van der Waals surface area contributed by atoms with Gasteiger partial charge in [0.1, 0.15) is 17.3 Å². The Balaban J connectivity index is 2.43. The number of aryl methyl sites for hydroxylation is 2. The quantitative estimate of drug-likeness (QED) is 0.843. The van der Waals surface area contributed by atoms with E-state index in [2.05, 4.69) is 0 Å². The fraction of sp³-hybridized carbons (Fsp3) is 0.231. The summed E-state index contributed by atoms with van der Waals surface area (Å²) in [4.78, 5) is 0. The Labute approximate surface area is 93.9 Å². The zero-order chi connectivity index (χ0) is 11.7. The summed E-state index contributed by atoms with van der Waals surface area (Å²) in [5, 5.41) is 0. The predicted octanol–water partition coefficient (Wildman–Crippen LogP) is 3.08. The largest absolute Gasteiger partial charge is 0.466 e. The third-order valence-electron chi connectivity index (χ3n) is 2.65. The van der Waals surface area contributed by atoms with Crippen LogP contribution in [0.15, 0.2) is 34.7 Å². The van der Waals surface area contributed by atoms with Crippen LogP contribution < -0.4 is 5.73 Å². The van der Waals surface area contributed by atoms with Crippen molar-refractivity contribution in [2.75, 3.05) is 0 Å². The lowest BCUT2D eigenvalue weighted by Crippen LogP contribution is -2.13. The van der Waals surface area contributed by atoms with E-state index in [-0.39, 0.29) is 5.82 Å². The molecule has 1 unspecified atom stereocenters. The van der Waals surface area contributed by atoms with Crippen LogP contribution in [-0.2, 0) is 0 Å². The minimum absolute atomic E-state index is 0.284. The van der Waals surface area contributed by atoms with Gasteiger partial charge in [0.25, 0.3) is 0 Å². The Morgan fingerprint density at radius 1 is 1.19 bits per heavy atom. The summed E-state index contributed by atoms with van der Waals surface area (Å²) in [6.07, 6.45) is 0. The molecule has 0 saturated heterocycles. The smallest absolute Gasteiger partial charge is 0.128 e. The van der Waals surface area contributed by atoms with E-state index >= 15 is 0 Å². The molecule has 0 spiro atoms. The summed E-state index contributed by atoms with van der Waals surface area (Å²) in [5.41, 5.74) is 7.36. The Kier molecular flexibility index (Phi) is 2.79. The first kappa shape index (κ1) is 10.9. The molecule has 3 heteroatoms. The first-order valence-electron chi connectivity index (χ1n) is 5.16. The zero-order valence-electron chi connectivity index (χ0n) is 9.33. The van der Waals surface area contributed by atoms with Crippen molar-refractivity contribution in [2.45, 2.75) is 19.9 Å². The van der Waals surface area contributed by atoms with Crippen molar-refractivity contribution < 1.29 is 8.81 Å². The standard InChI is InChI=1S/C13H14FNO/c1-8-7-11(9(2)16-8)13(15)10-5-3-4-6-12(10)14/h3-7,13H,15H2,1-2H3. The molecule has 0 saturated carbocycles. The van der Waals surface area contributed by atoms with Gasteiger partial charge in [-0.2, -0.15) is 0 Å². The summed E-state index contributed by atoms with van der Waals surface area (Å²) in [7, 11) is 0. The van der Waals surface area contributed by atoms with Crippen molar-refractivity contribution in [2.24, 2.45) is 5.73 Å². The van der Waals surface area contributed by atoms with Crippen molar-refractivity contribution in [1.29, 1.82) is 0 Å². The van der Waals surface area contributed by atoms with Crippen molar-refractivity contribution in [1.82, 2.24) is 0 Å². The third kappa shape index (κ3) is 1.86. The molecular formula is C13H14FNO. The van der Waals surface area contributed by atoms with E-state index in [1.165, 1.54) is 6.07 Å². The number of benzene rings is 1. The molecule has 0 amide bonds. The highest BCUT2D eigenvalue weighted by atomic mass is 19.1. The normalized spacial score (nSPS) is 12.8. The van der Waals surface area contributed by atoms with Crippen LogP contribution in [0.5, 0.6) is 0 Å². The number of hydrogen-bond acceptors (Lipinski definition) is 2. The topological polar surface area (TPSA) is 39.2 Å². The molecule has 0 bridgehead atoms. The van der Waals surface area contributed by atoms with Gasteiger partial charge in [0.15, 0.2) is 0 Å². The lowest BCUT2D eigenvalue weighted by molar-refractivity contribution is 0.499. The monoisotopic (exact) mass is 219 g/mol. The molecule has 2 rings (SSSR count). The maximum Gasteiger partial charge on any atom is 0.128 e. The molecular weight excluding hydrogens is 205 g/mol. The second-order valence-corrected chi connectivity index (χ2v) is 3.87. The summed E-state index contributed by atoms with van der Waals surface area (Å²) < 4.78 is 18.9. The van der Waals surface area contributed by atoms with Crippen LogP contribution in [0.2, 0.25) is 0 Å². The summed E-state index contributed by atoms with van der Waals surface area (Å²) in [6.45, 7) is 3.69. The van der Waals surface area contributed by atoms with E-state index in [1.54, 1.807) is 18.2 Å². The maximum absolute atomic E-state index is 13.6. The van der Waals surface area contributed by atoms with E-state index in [9.17, 15) is 4.39 Å². The molecule has 2 N–H and O–H groups in total. The van der Waals surface area contributed by atoms with Gasteiger partial charge in [-0.1, -0.05) is 18.2 Å². The Bertz CT molecular complexity index is 504. The van der Waals surface area contributed by atoms with Gasteiger partial charge in [0.2, 0.25) is 0 Å². The van der Waals surface area contributed by atoms with E-state index in [4.69, 9.17) is 10.2 Å².